The van der Waals surface area contributed by atoms with Crippen molar-refractivity contribution in [1.82, 2.24) is 0 Å². The van der Waals surface area contributed by atoms with Crippen LogP contribution in [0.15, 0.2) is 36.4 Å². The second-order valence-electron chi connectivity index (χ2n) is 6.80. The molecule has 3 aromatic heterocycles. The molecular formula is C22H20S3. The largest absolute Gasteiger partial charge is 0.140 e. The van der Waals surface area contributed by atoms with Crippen LogP contribution in [-0.4, -0.2) is 0 Å². The van der Waals surface area contributed by atoms with Crippen LogP contribution in [0.25, 0.3) is 40.3 Å². The molecule has 0 saturated heterocycles. The van der Waals surface area contributed by atoms with Crippen LogP contribution in [-0.2, 0) is 12.8 Å². The van der Waals surface area contributed by atoms with E-state index in [4.69, 9.17) is 0 Å². The minimum Gasteiger partial charge on any atom is -0.140 e. The molecule has 0 saturated carbocycles. The quantitative estimate of drug-likeness (QED) is 0.294. The highest BCUT2D eigenvalue weighted by Crippen LogP contribution is 2.41. The van der Waals surface area contributed by atoms with Crippen molar-refractivity contribution in [3.05, 3.63) is 46.2 Å². The zero-order chi connectivity index (χ0) is 17.0. The number of benzene rings is 2. The molecule has 0 unspecified atom stereocenters. The first-order chi connectivity index (χ1) is 12.2. The van der Waals surface area contributed by atoms with Crippen molar-refractivity contribution < 1.29 is 0 Å². The average molecular weight is 381 g/mol. The van der Waals surface area contributed by atoms with Crippen molar-refractivity contribution >= 4 is 74.4 Å². The van der Waals surface area contributed by atoms with Gasteiger partial charge in [0.2, 0.25) is 0 Å². The second-order valence-corrected chi connectivity index (χ2v) is 10.2. The van der Waals surface area contributed by atoms with Crippen LogP contribution >= 0.6 is 34.0 Å². The minimum atomic E-state index is 1.20. The van der Waals surface area contributed by atoms with Crippen LogP contribution in [0.4, 0.5) is 0 Å². The van der Waals surface area contributed by atoms with Crippen LogP contribution in [0, 0.1) is 0 Å². The molecule has 0 aliphatic heterocycles. The van der Waals surface area contributed by atoms with Gasteiger partial charge in [-0.3, -0.25) is 0 Å². The third-order valence-electron chi connectivity index (χ3n) is 4.84. The SMILES string of the molecule is CCCc1cc2cc3c(cc2s1)sc1cc2sc(CCC)cc2cc13. The van der Waals surface area contributed by atoms with Gasteiger partial charge in [0.1, 0.15) is 0 Å². The molecule has 0 amide bonds. The first-order valence-corrected chi connectivity index (χ1v) is 11.5. The normalized spacial score (nSPS) is 12.2. The summed E-state index contributed by atoms with van der Waals surface area (Å²) >= 11 is 5.88. The van der Waals surface area contributed by atoms with Gasteiger partial charge in [0.15, 0.2) is 0 Å². The highest BCUT2D eigenvalue weighted by Gasteiger charge is 2.11. The molecule has 126 valence electrons. The molecule has 0 nitrogen and oxygen atoms in total. The topological polar surface area (TPSA) is 0 Å². The monoisotopic (exact) mass is 380 g/mol. The maximum Gasteiger partial charge on any atom is 0.0369 e. The van der Waals surface area contributed by atoms with Gasteiger partial charge >= 0.3 is 0 Å². The van der Waals surface area contributed by atoms with E-state index >= 15 is 0 Å². The van der Waals surface area contributed by atoms with Crippen molar-refractivity contribution in [2.45, 2.75) is 39.5 Å². The number of hydrogen-bond acceptors (Lipinski definition) is 3. The van der Waals surface area contributed by atoms with Gasteiger partial charge in [-0.1, -0.05) is 26.7 Å². The first-order valence-electron chi connectivity index (χ1n) is 9.06. The summed E-state index contributed by atoms with van der Waals surface area (Å²) in [6, 6.07) is 14.5. The number of fused-ring (bicyclic) bond motifs is 5. The molecule has 5 aromatic rings. The van der Waals surface area contributed by atoms with Crippen LogP contribution < -0.4 is 0 Å². The molecule has 3 heteroatoms. The number of rotatable bonds is 4. The van der Waals surface area contributed by atoms with E-state index in [2.05, 4.69) is 50.2 Å². The molecule has 2 aromatic carbocycles. The summed E-state index contributed by atoms with van der Waals surface area (Å²) in [4.78, 5) is 3.03. The molecule has 0 aliphatic rings. The van der Waals surface area contributed by atoms with Gasteiger partial charge in [-0.15, -0.1) is 34.0 Å². The molecule has 0 spiro atoms. The molecule has 0 aliphatic carbocycles. The summed E-state index contributed by atoms with van der Waals surface area (Å²) in [5.41, 5.74) is 0. The fraction of sp³-hybridized carbons (Fsp3) is 0.273. The molecule has 5 rings (SSSR count). The molecule has 0 N–H and O–H groups in total. The lowest BCUT2D eigenvalue weighted by molar-refractivity contribution is 0.940. The van der Waals surface area contributed by atoms with Gasteiger partial charge in [0, 0.05) is 39.3 Å². The molecular weight excluding hydrogens is 360 g/mol. The Bertz CT molecular complexity index is 1120. The fourth-order valence-electron chi connectivity index (χ4n) is 3.69. The van der Waals surface area contributed by atoms with Crippen molar-refractivity contribution in [3.8, 4) is 0 Å². The maximum atomic E-state index is 2.42. The van der Waals surface area contributed by atoms with Gasteiger partial charge in [-0.2, -0.15) is 0 Å². The van der Waals surface area contributed by atoms with Gasteiger partial charge in [0.25, 0.3) is 0 Å². The maximum absolute atomic E-state index is 2.42. The Morgan fingerprint density at radius 3 is 1.48 bits per heavy atom. The van der Waals surface area contributed by atoms with E-state index in [1.807, 2.05) is 34.0 Å². The third kappa shape index (κ3) is 2.61. The zero-order valence-corrected chi connectivity index (χ0v) is 17.0. The Morgan fingerprint density at radius 2 is 1.04 bits per heavy atom. The number of aryl methyl sites for hydroxylation is 2. The van der Waals surface area contributed by atoms with Gasteiger partial charge in [0.05, 0.1) is 0 Å². The Labute approximate surface area is 159 Å². The van der Waals surface area contributed by atoms with E-state index in [1.54, 1.807) is 0 Å². The molecule has 0 fully saturated rings. The lowest BCUT2D eigenvalue weighted by Crippen LogP contribution is -1.72. The van der Waals surface area contributed by atoms with Crippen LogP contribution in [0.1, 0.15) is 36.4 Å². The molecule has 0 radical (unpaired) electrons. The summed E-state index contributed by atoms with van der Waals surface area (Å²) < 4.78 is 5.74. The van der Waals surface area contributed by atoms with Crippen molar-refractivity contribution in [2.24, 2.45) is 0 Å². The van der Waals surface area contributed by atoms with Crippen molar-refractivity contribution in [3.63, 3.8) is 0 Å². The van der Waals surface area contributed by atoms with Gasteiger partial charge in [-0.25, -0.2) is 0 Å². The molecule has 0 bridgehead atoms. The van der Waals surface area contributed by atoms with E-state index in [1.165, 1.54) is 75.8 Å². The third-order valence-corrected chi connectivity index (χ3v) is 8.27. The first kappa shape index (κ1) is 15.8. The Hall–Kier alpha value is -1.42. The Morgan fingerprint density at radius 1 is 0.560 bits per heavy atom. The summed E-state index contributed by atoms with van der Waals surface area (Å²) in [5.74, 6) is 0. The Kier molecular flexibility index (Phi) is 3.85. The lowest BCUT2D eigenvalue weighted by atomic mass is 10.1. The van der Waals surface area contributed by atoms with Crippen molar-refractivity contribution in [2.75, 3.05) is 0 Å². The van der Waals surface area contributed by atoms with Crippen molar-refractivity contribution in [1.29, 1.82) is 0 Å². The zero-order valence-electron chi connectivity index (χ0n) is 14.5. The number of thiophene rings is 3. The highest BCUT2D eigenvalue weighted by molar-refractivity contribution is 7.27. The molecule has 0 atom stereocenters. The smallest absolute Gasteiger partial charge is 0.0369 e. The van der Waals surface area contributed by atoms with E-state index in [0.717, 1.165) is 0 Å². The number of hydrogen-bond donors (Lipinski definition) is 0. The van der Waals surface area contributed by atoms with E-state index < -0.39 is 0 Å². The van der Waals surface area contributed by atoms with Gasteiger partial charge < -0.3 is 0 Å². The van der Waals surface area contributed by atoms with Crippen LogP contribution in [0.3, 0.4) is 0 Å². The summed E-state index contributed by atoms with van der Waals surface area (Å²) in [5, 5.41) is 5.69. The average Bonchev–Trinajstić information content (AvgIpc) is 3.24. The standard InChI is InChI=1S/C22H20S3/c1-3-5-15-7-13-9-17-18-10-14-8-16(6-4-2)24-20(14)12-22(18)25-21(17)11-19(13)23-15/h7-12H,3-6H2,1-2H3. The van der Waals surface area contributed by atoms with Gasteiger partial charge in [-0.05, 0) is 60.0 Å². The van der Waals surface area contributed by atoms with Crippen LogP contribution in [0.5, 0.6) is 0 Å². The van der Waals surface area contributed by atoms with E-state index in [9.17, 15) is 0 Å². The lowest BCUT2D eigenvalue weighted by Gasteiger charge is -1.94. The fourth-order valence-corrected chi connectivity index (χ4v) is 7.37. The molecule has 25 heavy (non-hydrogen) atoms. The predicted octanol–water partition coefficient (Wildman–Crippen LogP) is 8.39. The predicted molar refractivity (Wildman–Crippen MR) is 118 cm³/mol. The van der Waals surface area contributed by atoms with E-state index in [0.29, 0.717) is 0 Å². The van der Waals surface area contributed by atoms with Crippen LogP contribution in [0.2, 0.25) is 0 Å². The summed E-state index contributed by atoms with van der Waals surface area (Å²) in [7, 11) is 0. The second kappa shape index (κ2) is 6.08. The minimum absolute atomic E-state index is 1.20. The van der Waals surface area contributed by atoms with E-state index in [-0.39, 0.29) is 0 Å². The summed E-state index contributed by atoms with van der Waals surface area (Å²) in [6.07, 6.45) is 4.84. The summed E-state index contributed by atoms with van der Waals surface area (Å²) in [6.45, 7) is 4.52. The Balaban J connectivity index is 1.74. The highest BCUT2D eigenvalue weighted by atomic mass is 32.1. The molecule has 3 heterocycles.